The molecule has 0 aliphatic carbocycles. The summed E-state index contributed by atoms with van der Waals surface area (Å²) in [6.07, 6.45) is 2.20. The van der Waals surface area contributed by atoms with Gasteiger partial charge in [0.1, 0.15) is 12.4 Å². The Bertz CT molecular complexity index is 1180. The molecule has 0 aromatic heterocycles. The van der Waals surface area contributed by atoms with E-state index in [2.05, 4.69) is 17.0 Å². The molecule has 3 aromatic rings. The largest absolute Gasteiger partial charge is 0.464 e. The average Bonchev–Trinajstić information content (AvgIpc) is 2.94. The second-order valence-corrected chi connectivity index (χ2v) is 9.66. The maximum Gasteiger partial charge on any atom is 0.334 e. The van der Waals surface area contributed by atoms with Gasteiger partial charge in [-0.1, -0.05) is 78.9 Å². The van der Waals surface area contributed by atoms with Crippen molar-refractivity contribution in [1.29, 1.82) is 0 Å². The topological polar surface area (TPSA) is 59.1 Å². The molecule has 0 unspecified atom stereocenters. The number of esters is 1. The Balaban J connectivity index is 1.47. The zero-order valence-corrected chi connectivity index (χ0v) is 21.9. The Hall–Kier alpha value is -3.55. The third kappa shape index (κ3) is 7.05. The van der Waals surface area contributed by atoms with Crippen LogP contribution < -0.4 is 0 Å². The van der Waals surface area contributed by atoms with Gasteiger partial charge in [-0.3, -0.25) is 9.63 Å². The van der Waals surface area contributed by atoms with Crippen LogP contribution in [0.15, 0.2) is 84.9 Å². The molecule has 0 bridgehead atoms. The molecule has 1 aliphatic heterocycles. The second kappa shape index (κ2) is 13.3. The van der Waals surface area contributed by atoms with Crippen LogP contribution in [0.1, 0.15) is 36.5 Å². The lowest BCUT2D eigenvalue weighted by atomic mass is 9.86. The first-order valence-corrected chi connectivity index (χ1v) is 13.1. The molecule has 0 saturated carbocycles. The Kier molecular flexibility index (Phi) is 9.62. The Labute approximate surface area is 223 Å². The molecule has 4 rings (SSSR count). The minimum atomic E-state index is -1.28. The fourth-order valence-electron chi connectivity index (χ4n) is 4.87. The van der Waals surface area contributed by atoms with Gasteiger partial charge in [0, 0.05) is 38.5 Å². The van der Waals surface area contributed by atoms with Gasteiger partial charge in [0.2, 0.25) is 5.91 Å². The molecule has 0 spiro atoms. The van der Waals surface area contributed by atoms with E-state index >= 15 is 0 Å². The number of likely N-dealkylation sites (tertiary alicyclic amines) is 1. The van der Waals surface area contributed by atoms with Crippen molar-refractivity contribution in [2.45, 2.75) is 44.8 Å². The molecule has 1 heterocycles. The predicted octanol–water partition coefficient (Wildman–Crippen LogP) is 4.97. The van der Waals surface area contributed by atoms with Gasteiger partial charge in [0.05, 0.1) is 6.61 Å². The summed E-state index contributed by atoms with van der Waals surface area (Å²) in [5.74, 6) is -1.33. The van der Waals surface area contributed by atoms with Gasteiger partial charge in [-0.05, 0) is 36.5 Å². The van der Waals surface area contributed by atoms with E-state index < -0.39 is 23.2 Å². The molecule has 1 aliphatic rings. The summed E-state index contributed by atoms with van der Waals surface area (Å²) in [4.78, 5) is 34.6. The normalized spacial score (nSPS) is 15.1. The predicted molar refractivity (Wildman–Crippen MR) is 143 cm³/mol. The maximum absolute atomic E-state index is 14.3. The SMILES string of the molecule is CC(=O)N(OCc1ccccc1F)C1(C(=O)OCCc2ccccc2)CCN(CCc2ccccc2)CC1. The molecule has 6 nitrogen and oxygen atoms in total. The molecule has 1 amide bonds. The third-order valence-corrected chi connectivity index (χ3v) is 7.07. The van der Waals surface area contributed by atoms with Crippen molar-refractivity contribution >= 4 is 11.9 Å². The number of halogens is 1. The van der Waals surface area contributed by atoms with Crippen LogP contribution in [0, 0.1) is 5.82 Å². The van der Waals surface area contributed by atoms with Crippen LogP contribution in [-0.4, -0.2) is 53.6 Å². The highest BCUT2D eigenvalue weighted by Gasteiger charge is 2.50. The molecule has 0 radical (unpaired) electrons. The van der Waals surface area contributed by atoms with Crippen LogP contribution in [-0.2, 0) is 38.6 Å². The average molecular weight is 519 g/mol. The van der Waals surface area contributed by atoms with Crippen LogP contribution in [0.2, 0.25) is 0 Å². The number of rotatable bonds is 11. The summed E-state index contributed by atoms with van der Waals surface area (Å²) in [5.41, 5.74) is 1.34. The minimum Gasteiger partial charge on any atom is -0.464 e. The van der Waals surface area contributed by atoms with Crippen molar-refractivity contribution in [2.24, 2.45) is 0 Å². The summed E-state index contributed by atoms with van der Waals surface area (Å²) >= 11 is 0. The van der Waals surface area contributed by atoms with Crippen LogP contribution in [0.5, 0.6) is 0 Å². The highest BCUT2D eigenvalue weighted by atomic mass is 19.1. The molecule has 38 heavy (non-hydrogen) atoms. The van der Waals surface area contributed by atoms with E-state index in [9.17, 15) is 14.0 Å². The van der Waals surface area contributed by atoms with Crippen LogP contribution in [0.25, 0.3) is 0 Å². The van der Waals surface area contributed by atoms with E-state index in [4.69, 9.17) is 9.57 Å². The Morgan fingerprint density at radius 3 is 2.05 bits per heavy atom. The van der Waals surface area contributed by atoms with Gasteiger partial charge in [0.15, 0.2) is 5.54 Å². The molecule has 0 atom stereocenters. The van der Waals surface area contributed by atoms with Gasteiger partial charge >= 0.3 is 5.97 Å². The van der Waals surface area contributed by atoms with E-state index in [1.54, 1.807) is 18.2 Å². The van der Waals surface area contributed by atoms with Crippen LogP contribution >= 0.6 is 0 Å². The monoisotopic (exact) mass is 518 g/mol. The summed E-state index contributed by atoms with van der Waals surface area (Å²) in [5, 5.41) is 1.14. The summed E-state index contributed by atoms with van der Waals surface area (Å²) in [6, 6.07) is 26.3. The number of carbonyl (C=O) groups excluding carboxylic acids is 2. The number of ether oxygens (including phenoxy) is 1. The number of hydrogen-bond donors (Lipinski definition) is 0. The number of amides is 1. The minimum absolute atomic E-state index is 0.164. The second-order valence-electron chi connectivity index (χ2n) is 9.66. The van der Waals surface area contributed by atoms with E-state index in [1.165, 1.54) is 18.6 Å². The van der Waals surface area contributed by atoms with E-state index in [0.717, 1.165) is 23.6 Å². The first-order valence-electron chi connectivity index (χ1n) is 13.1. The van der Waals surface area contributed by atoms with E-state index in [0.29, 0.717) is 37.9 Å². The number of piperidine rings is 1. The van der Waals surface area contributed by atoms with Crippen molar-refractivity contribution in [2.75, 3.05) is 26.2 Å². The van der Waals surface area contributed by atoms with Crippen molar-refractivity contribution in [1.82, 2.24) is 9.96 Å². The molecular formula is C31H35FN2O4. The standard InChI is InChI=1S/C31H35FN2O4/c1-25(35)34(38-24-28-14-8-9-15-29(28)32)31(30(36)37-23-17-27-12-6-3-7-13-27)18-21-33(22-19-31)20-16-26-10-4-2-5-11-26/h2-15H,16-24H2,1H3. The number of carbonyl (C=O) groups is 2. The lowest BCUT2D eigenvalue weighted by Gasteiger charge is -2.45. The fraction of sp³-hybridized carbons (Fsp3) is 0.355. The fourth-order valence-corrected chi connectivity index (χ4v) is 4.87. The first kappa shape index (κ1) is 27.5. The Morgan fingerprint density at radius 2 is 1.45 bits per heavy atom. The lowest BCUT2D eigenvalue weighted by Crippen LogP contribution is -2.62. The van der Waals surface area contributed by atoms with Gasteiger partial charge in [-0.15, -0.1) is 0 Å². The van der Waals surface area contributed by atoms with Gasteiger partial charge in [0.25, 0.3) is 0 Å². The molecule has 0 N–H and O–H groups in total. The van der Waals surface area contributed by atoms with Gasteiger partial charge in [-0.25, -0.2) is 14.2 Å². The number of nitrogens with zero attached hydrogens (tertiary/aromatic N) is 2. The lowest BCUT2D eigenvalue weighted by molar-refractivity contribution is -0.241. The van der Waals surface area contributed by atoms with Crippen molar-refractivity contribution in [3.8, 4) is 0 Å². The van der Waals surface area contributed by atoms with E-state index in [1.807, 2.05) is 48.5 Å². The van der Waals surface area contributed by atoms with E-state index in [-0.39, 0.29) is 13.2 Å². The van der Waals surface area contributed by atoms with Crippen molar-refractivity contribution < 1.29 is 23.6 Å². The Morgan fingerprint density at radius 1 is 0.868 bits per heavy atom. The van der Waals surface area contributed by atoms with Crippen LogP contribution in [0.4, 0.5) is 4.39 Å². The third-order valence-electron chi connectivity index (χ3n) is 7.07. The summed E-state index contributed by atoms with van der Waals surface area (Å²) in [7, 11) is 0. The quantitative estimate of drug-likeness (QED) is 0.265. The first-order chi connectivity index (χ1) is 18.5. The smallest absolute Gasteiger partial charge is 0.334 e. The van der Waals surface area contributed by atoms with Crippen molar-refractivity contribution in [3.05, 3.63) is 107 Å². The molecule has 1 fully saturated rings. The highest BCUT2D eigenvalue weighted by molar-refractivity contribution is 5.86. The molecule has 200 valence electrons. The summed E-state index contributed by atoms with van der Waals surface area (Å²) in [6.45, 7) is 3.45. The summed E-state index contributed by atoms with van der Waals surface area (Å²) < 4.78 is 20.0. The molecule has 7 heteroatoms. The van der Waals surface area contributed by atoms with Crippen molar-refractivity contribution in [3.63, 3.8) is 0 Å². The molecular weight excluding hydrogens is 483 g/mol. The zero-order valence-electron chi connectivity index (χ0n) is 21.9. The van der Waals surface area contributed by atoms with Gasteiger partial charge in [-0.2, -0.15) is 0 Å². The number of hydrogen-bond acceptors (Lipinski definition) is 5. The zero-order chi connectivity index (χ0) is 26.8. The highest BCUT2D eigenvalue weighted by Crippen LogP contribution is 2.32. The molecule has 3 aromatic carbocycles. The maximum atomic E-state index is 14.3. The number of hydroxylamine groups is 2. The molecule has 1 saturated heterocycles. The van der Waals surface area contributed by atoms with Gasteiger partial charge < -0.3 is 9.64 Å². The van der Waals surface area contributed by atoms with Crippen LogP contribution in [0.3, 0.4) is 0 Å². The number of benzene rings is 3.